The third-order valence-electron chi connectivity index (χ3n) is 2.87. The topological polar surface area (TPSA) is 78.6 Å². The number of nitrogens with two attached hydrogens (primary N) is 1. The molecule has 0 aromatic heterocycles. The van der Waals surface area contributed by atoms with Gasteiger partial charge in [-0.1, -0.05) is 44.2 Å². The predicted octanol–water partition coefficient (Wildman–Crippen LogP) is 1.85. The van der Waals surface area contributed by atoms with E-state index in [2.05, 4.69) is 0 Å². The molecule has 0 spiro atoms. The summed E-state index contributed by atoms with van der Waals surface area (Å²) >= 11 is 0. The predicted molar refractivity (Wildman–Crippen MR) is 74.3 cm³/mol. The number of carbonyl (C=O) groups is 2. The van der Waals surface area contributed by atoms with Crippen LogP contribution < -0.4 is 5.73 Å². The molecule has 0 saturated heterocycles. The van der Waals surface area contributed by atoms with E-state index in [4.69, 9.17) is 15.2 Å². The molecule has 1 rings (SSSR count). The Kier molecular flexibility index (Phi) is 6.18. The molecule has 20 heavy (non-hydrogen) atoms. The fraction of sp³-hybridized carbons (Fsp3) is 0.467. The Bertz CT molecular complexity index is 444. The summed E-state index contributed by atoms with van der Waals surface area (Å²) in [6.45, 7) is 5.10. The van der Waals surface area contributed by atoms with Gasteiger partial charge in [0.1, 0.15) is 12.5 Å². The van der Waals surface area contributed by atoms with Gasteiger partial charge in [-0.2, -0.15) is 0 Å². The van der Waals surface area contributed by atoms with Crippen molar-refractivity contribution in [1.29, 1.82) is 0 Å². The third-order valence-corrected chi connectivity index (χ3v) is 2.87. The summed E-state index contributed by atoms with van der Waals surface area (Å²) in [5, 5.41) is 0. The highest BCUT2D eigenvalue weighted by Crippen LogP contribution is 2.18. The van der Waals surface area contributed by atoms with Crippen LogP contribution in [0, 0.1) is 11.8 Å². The zero-order valence-corrected chi connectivity index (χ0v) is 12.0. The quantitative estimate of drug-likeness (QED) is 0.635. The van der Waals surface area contributed by atoms with Gasteiger partial charge in [-0.3, -0.25) is 15.3 Å². The van der Waals surface area contributed by atoms with Gasteiger partial charge in [-0.25, -0.2) is 0 Å². The molecular weight excluding hydrogens is 258 g/mol. The number of hydrogen-bond acceptors (Lipinski definition) is 5. The first kappa shape index (κ1) is 16.2. The minimum Gasteiger partial charge on any atom is -0.460 e. The second kappa shape index (κ2) is 7.65. The fourth-order valence-electron chi connectivity index (χ4n) is 1.88. The fourth-order valence-corrected chi connectivity index (χ4v) is 1.88. The van der Waals surface area contributed by atoms with E-state index in [0.29, 0.717) is 0 Å². The lowest BCUT2D eigenvalue weighted by Crippen LogP contribution is -2.42. The lowest BCUT2D eigenvalue weighted by atomic mass is 9.94. The zero-order valence-electron chi connectivity index (χ0n) is 12.0. The average Bonchev–Trinajstić information content (AvgIpc) is 2.36. The normalized spacial score (nSPS) is 13.7. The lowest BCUT2D eigenvalue weighted by Gasteiger charge is -2.24. The smallest absolute Gasteiger partial charge is 0.314 e. The van der Waals surface area contributed by atoms with Crippen LogP contribution in [0.2, 0.25) is 0 Å². The summed E-state index contributed by atoms with van der Waals surface area (Å²) in [4.78, 5) is 23.0. The van der Waals surface area contributed by atoms with Crippen LogP contribution in [-0.4, -0.2) is 18.2 Å². The Morgan fingerprint density at radius 2 is 1.80 bits per heavy atom. The highest BCUT2D eigenvalue weighted by molar-refractivity contribution is 5.74. The Balaban J connectivity index is 2.62. The van der Waals surface area contributed by atoms with Crippen LogP contribution in [-0.2, 0) is 25.7 Å². The van der Waals surface area contributed by atoms with E-state index >= 15 is 0 Å². The van der Waals surface area contributed by atoms with Gasteiger partial charge in [0.15, 0.2) is 6.23 Å². The van der Waals surface area contributed by atoms with Crippen molar-refractivity contribution < 1.29 is 19.1 Å². The Morgan fingerprint density at radius 3 is 2.30 bits per heavy atom. The largest absolute Gasteiger partial charge is 0.460 e. The maximum Gasteiger partial charge on any atom is 0.314 e. The summed E-state index contributed by atoms with van der Waals surface area (Å²) in [5.74, 6) is -1.74. The molecule has 0 amide bonds. The first-order chi connectivity index (χ1) is 9.41. The molecular formula is C15H21NO4. The van der Waals surface area contributed by atoms with E-state index in [1.807, 2.05) is 44.2 Å². The van der Waals surface area contributed by atoms with Crippen molar-refractivity contribution in [3.63, 3.8) is 0 Å². The Hall–Kier alpha value is -1.88. The minimum atomic E-state index is -0.990. The van der Waals surface area contributed by atoms with Gasteiger partial charge < -0.3 is 9.47 Å². The molecule has 1 aromatic rings. The van der Waals surface area contributed by atoms with Gasteiger partial charge in [-0.05, 0) is 11.5 Å². The molecule has 2 atom stereocenters. The molecule has 0 saturated carbocycles. The van der Waals surface area contributed by atoms with Gasteiger partial charge in [0.05, 0.1) is 0 Å². The van der Waals surface area contributed by atoms with Gasteiger partial charge in [0.2, 0.25) is 0 Å². The SMILES string of the molecule is CC(=O)OC(N)[C@@H](C(=O)OCc1ccccc1)C(C)C. The van der Waals surface area contributed by atoms with Crippen molar-refractivity contribution in [3.05, 3.63) is 35.9 Å². The van der Waals surface area contributed by atoms with Gasteiger partial charge >= 0.3 is 11.9 Å². The molecule has 1 unspecified atom stereocenters. The van der Waals surface area contributed by atoms with Crippen LogP contribution in [0.25, 0.3) is 0 Å². The summed E-state index contributed by atoms with van der Waals surface area (Å²) in [7, 11) is 0. The van der Waals surface area contributed by atoms with Crippen LogP contribution in [0.15, 0.2) is 30.3 Å². The summed E-state index contributed by atoms with van der Waals surface area (Å²) in [6, 6.07) is 9.35. The van der Waals surface area contributed by atoms with Crippen LogP contribution in [0.1, 0.15) is 26.3 Å². The van der Waals surface area contributed by atoms with Crippen LogP contribution in [0.4, 0.5) is 0 Å². The number of benzene rings is 1. The molecule has 5 heteroatoms. The molecule has 0 aliphatic heterocycles. The van der Waals surface area contributed by atoms with Crippen molar-refractivity contribution >= 4 is 11.9 Å². The highest BCUT2D eigenvalue weighted by atomic mass is 16.6. The van der Waals surface area contributed by atoms with Crippen molar-refractivity contribution in [2.75, 3.05) is 0 Å². The summed E-state index contributed by atoms with van der Waals surface area (Å²) < 4.78 is 10.1. The maximum atomic E-state index is 12.1. The van der Waals surface area contributed by atoms with E-state index in [1.54, 1.807) is 0 Å². The van der Waals surface area contributed by atoms with Crippen molar-refractivity contribution in [2.24, 2.45) is 17.6 Å². The molecule has 0 fully saturated rings. The van der Waals surface area contributed by atoms with E-state index < -0.39 is 24.1 Å². The lowest BCUT2D eigenvalue weighted by molar-refractivity contribution is -0.163. The molecule has 0 aliphatic rings. The second-order valence-corrected chi connectivity index (χ2v) is 4.94. The molecule has 2 N–H and O–H groups in total. The van der Waals surface area contributed by atoms with E-state index in [1.165, 1.54) is 6.92 Å². The van der Waals surface area contributed by atoms with Crippen molar-refractivity contribution in [1.82, 2.24) is 0 Å². The number of hydrogen-bond donors (Lipinski definition) is 1. The number of rotatable bonds is 6. The standard InChI is InChI=1S/C15H21NO4/c1-10(2)13(14(16)20-11(3)17)15(18)19-9-12-7-5-4-6-8-12/h4-8,10,13-14H,9,16H2,1-3H3/t13-,14?/m0/s1. The first-order valence-electron chi connectivity index (χ1n) is 6.55. The van der Waals surface area contributed by atoms with Crippen LogP contribution in [0.3, 0.4) is 0 Å². The third kappa shape index (κ3) is 5.01. The minimum absolute atomic E-state index is 0.0902. The summed E-state index contributed by atoms with van der Waals surface area (Å²) in [5.41, 5.74) is 6.64. The van der Waals surface area contributed by atoms with Crippen LogP contribution >= 0.6 is 0 Å². The van der Waals surface area contributed by atoms with E-state index in [-0.39, 0.29) is 12.5 Å². The van der Waals surface area contributed by atoms with E-state index in [9.17, 15) is 9.59 Å². The van der Waals surface area contributed by atoms with Gasteiger partial charge in [-0.15, -0.1) is 0 Å². The molecule has 1 aromatic carbocycles. The van der Waals surface area contributed by atoms with Crippen molar-refractivity contribution in [2.45, 2.75) is 33.6 Å². The summed E-state index contributed by atoms with van der Waals surface area (Å²) in [6.07, 6.45) is -0.990. The maximum absolute atomic E-state index is 12.1. The van der Waals surface area contributed by atoms with E-state index in [0.717, 1.165) is 5.56 Å². The first-order valence-corrected chi connectivity index (χ1v) is 6.55. The van der Waals surface area contributed by atoms with Gasteiger partial charge in [0, 0.05) is 6.92 Å². The average molecular weight is 279 g/mol. The number of carbonyl (C=O) groups excluding carboxylic acids is 2. The zero-order chi connectivity index (χ0) is 15.1. The molecule has 110 valence electrons. The molecule has 0 bridgehead atoms. The molecule has 0 aliphatic carbocycles. The highest BCUT2D eigenvalue weighted by Gasteiger charge is 2.32. The Labute approximate surface area is 119 Å². The number of ether oxygens (including phenoxy) is 2. The molecule has 5 nitrogen and oxygen atoms in total. The monoisotopic (exact) mass is 279 g/mol. The molecule has 0 heterocycles. The second-order valence-electron chi connectivity index (χ2n) is 4.94. The molecule has 0 radical (unpaired) electrons. The Morgan fingerprint density at radius 1 is 1.20 bits per heavy atom. The van der Waals surface area contributed by atoms with Gasteiger partial charge in [0.25, 0.3) is 0 Å². The van der Waals surface area contributed by atoms with Crippen molar-refractivity contribution in [3.8, 4) is 0 Å². The van der Waals surface area contributed by atoms with Crippen LogP contribution in [0.5, 0.6) is 0 Å². The number of esters is 2.